The second-order valence-corrected chi connectivity index (χ2v) is 7.99. The van der Waals surface area contributed by atoms with Crippen molar-refractivity contribution in [3.63, 3.8) is 0 Å². The molecule has 0 aliphatic carbocycles. The molecule has 1 unspecified atom stereocenters. The SMILES string of the molecule is COc1ccc2cc([C@]3(C)NC(=O)N(C[NH+](C)Cc4ccccc4)C3=O)ccc2c1. The second kappa shape index (κ2) is 7.80. The molecule has 6 nitrogen and oxygen atoms in total. The van der Waals surface area contributed by atoms with Crippen molar-refractivity contribution >= 4 is 22.7 Å². The second-order valence-electron chi connectivity index (χ2n) is 7.99. The Hall–Kier alpha value is -3.38. The Bertz CT molecular complexity index is 1100. The van der Waals surface area contributed by atoms with Crippen molar-refractivity contribution in [3.8, 4) is 5.75 Å². The summed E-state index contributed by atoms with van der Waals surface area (Å²) in [5, 5.41) is 4.91. The minimum Gasteiger partial charge on any atom is -0.497 e. The molecule has 2 atom stereocenters. The third-order valence-electron chi connectivity index (χ3n) is 5.68. The van der Waals surface area contributed by atoms with Crippen LogP contribution in [-0.4, -0.2) is 37.7 Å². The molecule has 0 aromatic heterocycles. The molecule has 0 bridgehead atoms. The maximum atomic E-state index is 13.3. The fourth-order valence-corrected chi connectivity index (χ4v) is 3.97. The fraction of sp³-hybridized carbons (Fsp3) is 0.250. The minimum absolute atomic E-state index is 0.229. The van der Waals surface area contributed by atoms with E-state index in [9.17, 15) is 9.59 Å². The van der Waals surface area contributed by atoms with Gasteiger partial charge in [0.15, 0.2) is 6.67 Å². The first-order valence-corrected chi connectivity index (χ1v) is 9.98. The van der Waals surface area contributed by atoms with E-state index >= 15 is 0 Å². The molecule has 1 aliphatic rings. The van der Waals surface area contributed by atoms with E-state index in [1.165, 1.54) is 4.90 Å². The van der Waals surface area contributed by atoms with E-state index in [0.29, 0.717) is 6.67 Å². The van der Waals surface area contributed by atoms with Crippen LogP contribution in [0.25, 0.3) is 10.8 Å². The van der Waals surface area contributed by atoms with Crippen LogP contribution in [0.1, 0.15) is 18.1 Å². The molecule has 1 fully saturated rings. The molecule has 1 saturated heterocycles. The fourth-order valence-electron chi connectivity index (χ4n) is 3.97. The van der Waals surface area contributed by atoms with E-state index in [0.717, 1.165) is 39.1 Å². The largest absolute Gasteiger partial charge is 0.497 e. The van der Waals surface area contributed by atoms with Gasteiger partial charge in [-0.15, -0.1) is 0 Å². The Morgan fingerprint density at radius 2 is 1.70 bits per heavy atom. The van der Waals surface area contributed by atoms with Crippen LogP contribution in [0.3, 0.4) is 0 Å². The van der Waals surface area contributed by atoms with E-state index in [2.05, 4.69) is 5.32 Å². The predicted octanol–water partition coefficient (Wildman–Crippen LogP) is 2.29. The van der Waals surface area contributed by atoms with Crippen molar-refractivity contribution in [2.75, 3.05) is 20.8 Å². The van der Waals surface area contributed by atoms with Gasteiger partial charge in [-0.05, 0) is 41.5 Å². The van der Waals surface area contributed by atoms with Crippen LogP contribution in [0.2, 0.25) is 0 Å². The lowest BCUT2D eigenvalue weighted by Crippen LogP contribution is -3.09. The van der Waals surface area contributed by atoms with Crippen LogP contribution in [0.15, 0.2) is 66.7 Å². The number of hydrogen-bond acceptors (Lipinski definition) is 3. The van der Waals surface area contributed by atoms with E-state index < -0.39 is 5.54 Å². The van der Waals surface area contributed by atoms with Crippen molar-refractivity contribution in [2.45, 2.75) is 19.0 Å². The number of methoxy groups -OCH3 is 1. The number of amides is 3. The number of quaternary nitrogens is 1. The Balaban J connectivity index is 1.55. The number of rotatable bonds is 6. The summed E-state index contributed by atoms with van der Waals surface area (Å²) in [4.78, 5) is 28.3. The van der Waals surface area contributed by atoms with Crippen molar-refractivity contribution < 1.29 is 19.2 Å². The van der Waals surface area contributed by atoms with Crippen LogP contribution in [-0.2, 0) is 16.9 Å². The maximum Gasteiger partial charge on any atom is 0.329 e. The monoisotopic (exact) mass is 404 g/mol. The lowest BCUT2D eigenvalue weighted by Gasteiger charge is -2.24. The van der Waals surface area contributed by atoms with E-state index in [1.807, 2.05) is 73.8 Å². The Labute approximate surface area is 176 Å². The zero-order valence-corrected chi connectivity index (χ0v) is 17.4. The molecule has 154 valence electrons. The molecule has 3 aromatic rings. The lowest BCUT2D eigenvalue weighted by atomic mass is 9.90. The molecule has 4 rings (SSSR count). The predicted molar refractivity (Wildman–Crippen MR) is 115 cm³/mol. The number of fused-ring (bicyclic) bond motifs is 1. The first-order valence-electron chi connectivity index (χ1n) is 9.98. The van der Waals surface area contributed by atoms with Gasteiger partial charge in [0.1, 0.15) is 17.8 Å². The summed E-state index contributed by atoms with van der Waals surface area (Å²) >= 11 is 0. The van der Waals surface area contributed by atoms with Gasteiger partial charge in [-0.1, -0.05) is 48.5 Å². The molecule has 0 saturated carbocycles. The molecule has 0 radical (unpaired) electrons. The van der Waals surface area contributed by atoms with Crippen molar-refractivity contribution in [3.05, 3.63) is 77.9 Å². The zero-order chi connectivity index (χ0) is 21.3. The standard InChI is InChI=1S/C24H25N3O3/c1-24(20-11-9-19-14-21(30-3)12-10-18(19)13-20)22(28)27(23(29)25-24)16-26(2)15-17-7-5-4-6-8-17/h4-14H,15-16H2,1-3H3,(H,25,29)/p+1/t24-/m0/s1. The summed E-state index contributed by atoms with van der Waals surface area (Å²) in [6, 6.07) is 21.3. The van der Waals surface area contributed by atoms with Crippen LogP contribution in [0, 0.1) is 0 Å². The molecular formula is C24H26N3O3+. The number of nitrogens with zero attached hydrogens (tertiary/aromatic N) is 1. The van der Waals surface area contributed by atoms with E-state index in [-0.39, 0.29) is 11.9 Å². The number of carbonyl (C=O) groups is 2. The highest BCUT2D eigenvalue weighted by molar-refractivity contribution is 6.07. The van der Waals surface area contributed by atoms with Crippen molar-refractivity contribution in [1.29, 1.82) is 0 Å². The Morgan fingerprint density at radius 1 is 1.00 bits per heavy atom. The van der Waals surface area contributed by atoms with E-state index in [4.69, 9.17) is 4.74 Å². The normalized spacial score (nSPS) is 19.8. The van der Waals surface area contributed by atoms with Gasteiger partial charge < -0.3 is 15.0 Å². The smallest absolute Gasteiger partial charge is 0.329 e. The minimum atomic E-state index is -1.09. The average Bonchev–Trinajstić information content (AvgIpc) is 2.97. The number of ether oxygens (including phenoxy) is 1. The summed E-state index contributed by atoms with van der Waals surface area (Å²) in [5.41, 5.74) is 0.842. The molecule has 2 N–H and O–H groups in total. The number of benzene rings is 3. The van der Waals surface area contributed by atoms with Gasteiger partial charge in [-0.2, -0.15) is 0 Å². The van der Waals surface area contributed by atoms with Gasteiger partial charge in [0, 0.05) is 5.56 Å². The number of urea groups is 1. The molecular weight excluding hydrogens is 378 g/mol. The summed E-state index contributed by atoms with van der Waals surface area (Å²) in [7, 11) is 3.61. The summed E-state index contributed by atoms with van der Waals surface area (Å²) in [5.74, 6) is 0.551. The highest BCUT2D eigenvalue weighted by atomic mass is 16.5. The quantitative estimate of drug-likeness (QED) is 0.620. The van der Waals surface area contributed by atoms with Crippen molar-refractivity contribution in [1.82, 2.24) is 10.2 Å². The van der Waals surface area contributed by atoms with Crippen molar-refractivity contribution in [2.24, 2.45) is 0 Å². The number of hydrogen-bond donors (Lipinski definition) is 2. The topological polar surface area (TPSA) is 63.1 Å². The van der Waals surface area contributed by atoms with Gasteiger partial charge in [0.2, 0.25) is 0 Å². The first-order chi connectivity index (χ1) is 14.4. The maximum absolute atomic E-state index is 13.3. The van der Waals surface area contributed by atoms with Gasteiger partial charge in [0.05, 0.1) is 14.2 Å². The van der Waals surface area contributed by atoms with Gasteiger partial charge >= 0.3 is 6.03 Å². The molecule has 1 aliphatic heterocycles. The van der Waals surface area contributed by atoms with Gasteiger partial charge in [-0.25, -0.2) is 9.69 Å². The molecule has 0 spiro atoms. The van der Waals surface area contributed by atoms with Gasteiger partial charge in [0.25, 0.3) is 5.91 Å². The highest BCUT2D eigenvalue weighted by Crippen LogP contribution is 2.31. The Kier molecular flexibility index (Phi) is 5.18. The number of nitrogens with one attached hydrogen (secondary N) is 2. The molecule has 3 amide bonds. The van der Waals surface area contributed by atoms with E-state index in [1.54, 1.807) is 14.0 Å². The number of imide groups is 1. The first kappa shape index (κ1) is 19.9. The van der Waals surface area contributed by atoms with Crippen LogP contribution >= 0.6 is 0 Å². The summed E-state index contributed by atoms with van der Waals surface area (Å²) in [6.07, 6.45) is 0. The van der Waals surface area contributed by atoms with Gasteiger partial charge in [-0.3, -0.25) is 4.79 Å². The summed E-state index contributed by atoms with van der Waals surface area (Å²) in [6.45, 7) is 2.80. The molecule has 30 heavy (non-hydrogen) atoms. The highest BCUT2D eigenvalue weighted by Gasteiger charge is 2.50. The summed E-state index contributed by atoms with van der Waals surface area (Å²) < 4.78 is 5.28. The molecule has 1 heterocycles. The third-order valence-corrected chi connectivity index (χ3v) is 5.68. The molecule has 3 aromatic carbocycles. The average molecular weight is 404 g/mol. The zero-order valence-electron chi connectivity index (χ0n) is 17.4. The van der Waals surface area contributed by atoms with Crippen LogP contribution in [0.5, 0.6) is 5.75 Å². The third kappa shape index (κ3) is 3.62. The molecule has 6 heteroatoms. The Morgan fingerprint density at radius 3 is 2.43 bits per heavy atom. The number of carbonyl (C=O) groups excluding carboxylic acids is 2. The van der Waals surface area contributed by atoms with Crippen LogP contribution in [0.4, 0.5) is 4.79 Å². The van der Waals surface area contributed by atoms with Crippen LogP contribution < -0.4 is 15.0 Å². The lowest BCUT2D eigenvalue weighted by molar-refractivity contribution is -0.901.